The third kappa shape index (κ3) is 2.10. The molecule has 0 fully saturated rings. The Bertz CT molecular complexity index is 433. The Hall–Kier alpha value is -1.97. The van der Waals surface area contributed by atoms with Crippen molar-refractivity contribution in [2.45, 2.75) is 0 Å². The molecule has 1 heterocycles. The Morgan fingerprint density at radius 2 is 2.00 bits per heavy atom. The van der Waals surface area contributed by atoms with Crippen molar-refractivity contribution in [2.75, 3.05) is 12.4 Å². The summed E-state index contributed by atoms with van der Waals surface area (Å²) in [6, 6.07) is 7.72. The predicted octanol–water partition coefficient (Wildman–Crippen LogP) is 2.17. The molecule has 1 aromatic heterocycles. The van der Waals surface area contributed by atoms with Crippen LogP contribution >= 0.6 is 0 Å². The quantitative estimate of drug-likeness (QED) is 0.831. The molecule has 0 saturated heterocycles. The molecule has 0 atom stereocenters. The molecule has 0 aliphatic rings. The van der Waals surface area contributed by atoms with Crippen LogP contribution in [-0.2, 0) is 7.05 Å². The molecule has 0 saturated carbocycles. The number of hydrogen-bond acceptors (Lipinski definition) is 3. The number of hydrogen-bond donors (Lipinski definition) is 1. The highest BCUT2D eigenvalue weighted by molar-refractivity contribution is 5.54. The topological polar surface area (TPSA) is 39.1 Å². The maximum absolute atomic E-state index is 5.08. The van der Waals surface area contributed by atoms with Crippen LogP contribution in [0.1, 0.15) is 0 Å². The Morgan fingerprint density at radius 3 is 2.53 bits per heavy atom. The first-order valence-corrected chi connectivity index (χ1v) is 4.68. The molecule has 1 aromatic carbocycles. The summed E-state index contributed by atoms with van der Waals surface area (Å²) in [5.74, 6) is 1.67. The maximum atomic E-state index is 5.08. The van der Waals surface area contributed by atoms with Crippen molar-refractivity contribution >= 4 is 11.6 Å². The molecule has 0 aliphatic heterocycles. The van der Waals surface area contributed by atoms with E-state index in [1.807, 2.05) is 42.1 Å². The Kier molecular flexibility index (Phi) is 2.58. The number of aromatic nitrogens is 2. The normalized spacial score (nSPS) is 10.0. The number of nitrogens with zero attached hydrogens (tertiary/aromatic N) is 2. The third-order valence-electron chi connectivity index (χ3n) is 2.17. The van der Waals surface area contributed by atoms with Crippen molar-refractivity contribution in [3.05, 3.63) is 36.7 Å². The van der Waals surface area contributed by atoms with Gasteiger partial charge in [0.25, 0.3) is 0 Å². The van der Waals surface area contributed by atoms with Crippen LogP contribution in [0, 0.1) is 0 Å². The molecule has 0 amide bonds. The minimum absolute atomic E-state index is 0.820. The molecule has 0 radical (unpaired) electrons. The minimum Gasteiger partial charge on any atom is -0.497 e. The summed E-state index contributed by atoms with van der Waals surface area (Å²) in [6.07, 6.45) is 3.65. The van der Waals surface area contributed by atoms with Gasteiger partial charge >= 0.3 is 0 Å². The number of imidazole rings is 1. The SMILES string of the molecule is COc1ccc(Nc2nccn2C)cc1. The van der Waals surface area contributed by atoms with Gasteiger partial charge in [-0.05, 0) is 24.3 Å². The maximum Gasteiger partial charge on any atom is 0.207 e. The lowest BCUT2D eigenvalue weighted by Gasteiger charge is -2.06. The van der Waals surface area contributed by atoms with E-state index in [4.69, 9.17) is 4.74 Å². The van der Waals surface area contributed by atoms with Gasteiger partial charge in [-0.25, -0.2) is 4.98 Å². The molecule has 4 heteroatoms. The Labute approximate surface area is 88.5 Å². The molecule has 0 spiro atoms. The number of nitrogens with one attached hydrogen (secondary N) is 1. The molecular formula is C11H13N3O. The van der Waals surface area contributed by atoms with Crippen molar-refractivity contribution in [1.29, 1.82) is 0 Å². The van der Waals surface area contributed by atoms with Gasteiger partial charge in [-0.3, -0.25) is 0 Å². The zero-order chi connectivity index (χ0) is 10.7. The monoisotopic (exact) mass is 203 g/mol. The summed E-state index contributed by atoms with van der Waals surface area (Å²) >= 11 is 0. The van der Waals surface area contributed by atoms with Gasteiger partial charge in [0.2, 0.25) is 5.95 Å². The van der Waals surface area contributed by atoms with Gasteiger partial charge < -0.3 is 14.6 Å². The lowest BCUT2D eigenvalue weighted by molar-refractivity contribution is 0.415. The number of methoxy groups -OCH3 is 1. The highest BCUT2D eigenvalue weighted by Crippen LogP contribution is 2.18. The third-order valence-corrected chi connectivity index (χ3v) is 2.17. The number of aryl methyl sites for hydroxylation is 1. The van der Waals surface area contributed by atoms with Crippen LogP contribution in [0.4, 0.5) is 11.6 Å². The minimum atomic E-state index is 0.820. The average molecular weight is 203 g/mol. The molecule has 2 rings (SSSR count). The van der Waals surface area contributed by atoms with E-state index in [1.165, 1.54) is 0 Å². The van der Waals surface area contributed by atoms with E-state index >= 15 is 0 Å². The van der Waals surface area contributed by atoms with Crippen LogP contribution in [-0.4, -0.2) is 16.7 Å². The fourth-order valence-corrected chi connectivity index (χ4v) is 1.29. The number of anilines is 2. The smallest absolute Gasteiger partial charge is 0.207 e. The molecular weight excluding hydrogens is 190 g/mol. The number of ether oxygens (including phenoxy) is 1. The van der Waals surface area contributed by atoms with Gasteiger partial charge in [-0.2, -0.15) is 0 Å². The second-order valence-electron chi connectivity index (χ2n) is 3.22. The first kappa shape index (κ1) is 9.58. The molecule has 0 bridgehead atoms. The Balaban J connectivity index is 2.14. The molecule has 2 aromatic rings. The summed E-state index contributed by atoms with van der Waals surface area (Å²) in [5.41, 5.74) is 0.991. The van der Waals surface area contributed by atoms with E-state index in [2.05, 4.69) is 10.3 Å². The van der Waals surface area contributed by atoms with Crippen LogP contribution in [0.15, 0.2) is 36.7 Å². The predicted molar refractivity (Wildman–Crippen MR) is 59.5 cm³/mol. The molecule has 4 nitrogen and oxygen atoms in total. The van der Waals surface area contributed by atoms with Gasteiger partial charge in [-0.1, -0.05) is 0 Å². The average Bonchev–Trinajstić information content (AvgIpc) is 2.66. The van der Waals surface area contributed by atoms with Crippen LogP contribution < -0.4 is 10.1 Å². The van der Waals surface area contributed by atoms with Crippen molar-refractivity contribution in [3.8, 4) is 5.75 Å². The second-order valence-corrected chi connectivity index (χ2v) is 3.22. The summed E-state index contributed by atoms with van der Waals surface area (Å²) in [4.78, 5) is 4.17. The zero-order valence-electron chi connectivity index (χ0n) is 8.77. The van der Waals surface area contributed by atoms with E-state index in [0.717, 1.165) is 17.4 Å². The van der Waals surface area contributed by atoms with Crippen LogP contribution in [0.5, 0.6) is 5.75 Å². The molecule has 78 valence electrons. The van der Waals surface area contributed by atoms with Crippen molar-refractivity contribution in [3.63, 3.8) is 0 Å². The highest BCUT2D eigenvalue weighted by atomic mass is 16.5. The van der Waals surface area contributed by atoms with Crippen molar-refractivity contribution < 1.29 is 4.74 Å². The lowest BCUT2D eigenvalue weighted by atomic mass is 10.3. The van der Waals surface area contributed by atoms with E-state index in [9.17, 15) is 0 Å². The van der Waals surface area contributed by atoms with Gasteiger partial charge in [0.1, 0.15) is 5.75 Å². The van der Waals surface area contributed by atoms with Crippen LogP contribution in [0.3, 0.4) is 0 Å². The van der Waals surface area contributed by atoms with Crippen LogP contribution in [0.2, 0.25) is 0 Å². The molecule has 0 unspecified atom stereocenters. The van der Waals surface area contributed by atoms with Crippen LogP contribution in [0.25, 0.3) is 0 Å². The van der Waals surface area contributed by atoms with Gasteiger partial charge in [0.05, 0.1) is 7.11 Å². The van der Waals surface area contributed by atoms with Gasteiger partial charge in [0.15, 0.2) is 0 Å². The lowest BCUT2D eigenvalue weighted by Crippen LogP contribution is -1.98. The van der Waals surface area contributed by atoms with E-state index < -0.39 is 0 Å². The fraction of sp³-hybridized carbons (Fsp3) is 0.182. The highest BCUT2D eigenvalue weighted by Gasteiger charge is 1.99. The number of rotatable bonds is 3. The van der Waals surface area contributed by atoms with E-state index in [1.54, 1.807) is 13.3 Å². The van der Waals surface area contributed by atoms with Crippen molar-refractivity contribution in [1.82, 2.24) is 9.55 Å². The molecule has 1 N–H and O–H groups in total. The first-order valence-electron chi connectivity index (χ1n) is 4.68. The summed E-state index contributed by atoms with van der Waals surface area (Å²) in [5, 5.41) is 3.20. The molecule has 15 heavy (non-hydrogen) atoms. The van der Waals surface area contributed by atoms with E-state index in [-0.39, 0.29) is 0 Å². The van der Waals surface area contributed by atoms with Gasteiger partial charge in [0, 0.05) is 25.1 Å². The molecule has 0 aliphatic carbocycles. The largest absolute Gasteiger partial charge is 0.497 e. The summed E-state index contributed by atoms with van der Waals surface area (Å²) < 4.78 is 7.00. The summed E-state index contributed by atoms with van der Waals surface area (Å²) in [6.45, 7) is 0. The second kappa shape index (κ2) is 4.04. The summed E-state index contributed by atoms with van der Waals surface area (Å²) in [7, 11) is 3.60. The Morgan fingerprint density at radius 1 is 1.27 bits per heavy atom. The fourth-order valence-electron chi connectivity index (χ4n) is 1.29. The van der Waals surface area contributed by atoms with Gasteiger partial charge in [-0.15, -0.1) is 0 Å². The first-order chi connectivity index (χ1) is 7.29. The zero-order valence-corrected chi connectivity index (χ0v) is 8.77. The number of benzene rings is 1. The van der Waals surface area contributed by atoms with E-state index in [0.29, 0.717) is 0 Å². The standard InChI is InChI=1S/C11H13N3O/c1-14-8-7-12-11(14)13-9-3-5-10(15-2)6-4-9/h3-8H,1-2H3,(H,12,13). The van der Waals surface area contributed by atoms with Crippen molar-refractivity contribution in [2.24, 2.45) is 7.05 Å².